The maximum Gasteiger partial charge on any atom is 0.141 e. The molecule has 0 heterocycles. The Labute approximate surface area is 124 Å². The van der Waals surface area contributed by atoms with Crippen LogP contribution in [0.3, 0.4) is 0 Å². The summed E-state index contributed by atoms with van der Waals surface area (Å²) in [6.07, 6.45) is 0.362. The summed E-state index contributed by atoms with van der Waals surface area (Å²) in [6.45, 7) is 1.80. The topological polar surface area (TPSA) is 35.2 Å². The van der Waals surface area contributed by atoms with Crippen LogP contribution in [-0.4, -0.2) is 6.04 Å². The van der Waals surface area contributed by atoms with Gasteiger partial charge in [0.05, 0.1) is 4.47 Å². The molecule has 0 bridgehead atoms. The fourth-order valence-corrected chi connectivity index (χ4v) is 2.26. The molecule has 20 heavy (non-hydrogen) atoms. The lowest BCUT2D eigenvalue weighted by Crippen LogP contribution is -2.19. The van der Waals surface area contributed by atoms with Gasteiger partial charge in [-0.2, -0.15) is 0 Å². The largest absolute Gasteiger partial charge is 0.456 e. The van der Waals surface area contributed by atoms with Crippen LogP contribution in [0.2, 0.25) is 0 Å². The van der Waals surface area contributed by atoms with Gasteiger partial charge in [-0.25, -0.2) is 8.78 Å². The van der Waals surface area contributed by atoms with Gasteiger partial charge in [0.25, 0.3) is 0 Å². The first-order valence-corrected chi connectivity index (χ1v) is 6.92. The Morgan fingerprint density at radius 3 is 2.60 bits per heavy atom. The summed E-state index contributed by atoms with van der Waals surface area (Å²) in [4.78, 5) is 0. The van der Waals surface area contributed by atoms with E-state index in [0.717, 1.165) is 0 Å². The number of hydrogen-bond acceptors (Lipinski definition) is 2. The van der Waals surface area contributed by atoms with Gasteiger partial charge in [0, 0.05) is 11.6 Å². The van der Waals surface area contributed by atoms with Crippen LogP contribution in [-0.2, 0) is 6.42 Å². The molecule has 2 aromatic rings. The van der Waals surface area contributed by atoms with Crippen LogP contribution in [0, 0.1) is 11.6 Å². The fourth-order valence-electron chi connectivity index (χ4n) is 1.83. The predicted molar refractivity (Wildman–Crippen MR) is 77.9 cm³/mol. The van der Waals surface area contributed by atoms with E-state index in [1.54, 1.807) is 19.1 Å². The zero-order valence-corrected chi connectivity index (χ0v) is 12.5. The van der Waals surface area contributed by atoms with E-state index in [9.17, 15) is 8.78 Å². The summed E-state index contributed by atoms with van der Waals surface area (Å²) in [5.74, 6) is 0.0647. The molecular formula is C15H14BrF2NO. The van der Waals surface area contributed by atoms with Gasteiger partial charge in [0.1, 0.15) is 23.1 Å². The molecule has 2 N–H and O–H groups in total. The SMILES string of the molecule is CC(N)Cc1c(F)cccc1Oc1ccc(F)cc1Br. The second kappa shape index (κ2) is 6.33. The smallest absolute Gasteiger partial charge is 0.141 e. The molecule has 0 saturated carbocycles. The maximum absolute atomic E-state index is 13.9. The molecule has 0 radical (unpaired) electrons. The number of ether oxygens (including phenoxy) is 1. The molecule has 0 fully saturated rings. The minimum atomic E-state index is -0.376. The van der Waals surface area contributed by atoms with Gasteiger partial charge in [-0.3, -0.25) is 0 Å². The lowest BCUT2D eigenvalue weighted by atomic mass is 10.1. The zero-order valence-electron chi connectivity index (χ0n) is 10.9. The Hall–Kier alpha value is -1.46. The van der Waals surface area contributed by atoms with Crippen LogP contribution in [0.25, 0.3) is 0 Å². The molecule has 1 atom stereocenters. The van der Waals surface area contributed by atoms with Gasteiger partial charge in [-0.1, -0.05) is 6.07 Å². The van der Waals surface area contributed by atoms with Gasteiger partial charge in [0.15, 0.2) is 0 Å². The molecular weight excluding hydrogens is 328 g/mol. The van der Waals surface area contributed by atoms with Crippen molar-refractivity contribution in [2.75, 3.05) is 0 Å². The molecule has 2 rings (SSSR count). The molecule has 0 spiro atoms. The average molecular weight is 342 g/mol. The van der Waals surface area contributed by atoms with Crippen molar-refractivity contribution in [2.45, 2.75) is 19.4 Å². The van der Waals surface area contributed by atoms with E-state index in [-0.39, 0.29) is 17.7 Å². The highest BCUT2D eigenvalue weighted by Crippen LogP contribution is 2.33. The van der Waals surface area contributed by atoms with Crippen molar-refractivity contribution in [1.29, 1.82) is 0 Å². The molecule has 2 aromatic carbocycles. The first kappa shape index (κ1) is 14.9. The lowest BCUT2D eigenvalue weighted by molar-refractivity contribution is 0.459. The Bertz CT molecular complexity index is 617. The van der Waals surface area contributed by atoms with E-state index in [4.69, 9.17) is 10.5 Å². The first-order valence-electron chi connectivity index (χ1n) is 6.13. The predicted octanol–water partition coefficient (Wildman–Crippen LogP) is 4.41. The molecule has 106 valence electrons. The summed E-state index contributed by atoms with van der Waals surface area (Å²) < 4.78 is 33.0. The third-order valence-corrected chi connectivity index (χ3v) is 3.34. The maximum atomic E-state index is 13.9. The second-order valence-electron chi connectivity index (χ2n) is 4.57. The van der Waals surface area contributed by atoms with Crippen molar-refractivity contribution in [3.63, 3.8) is 0 Å². The molecule has 0 aliphatic rings. The molecule has 0 amide bonds. The van der Waals surface area contributed by atoms with Crippen molar-refractivity contribution in [3.8, 4) is 11.5 Å². The minimum Gasteiger partial charge on any atom is -0.456 e. The van der Waals surface area contributed by atoms with Gasteiger partial charge in [-0.05, 0) is 59.6 Å². The lowest BCUT2D eigenvalue weighted by Gasteiger charge is -2.14. The van der Waals surface area contributed by atoms with E-state index in [2.05, 4.69) is 15.9 Å². The number of halogens is 3. The van der Waals surface area contributed by atoms with Crippen molar-refractivity contribution in [3.05, 3.63) is 58.1 Å². The molecule has 5 heteroatoms. The Kier molecular flexibility index (Phi) is 4.73. The molecule has 2 nitrogen and oxygen atoms in total. The van der Waals surface area contributed by atoms with E-state index in [0.29, 0.717) is 28.0 Å². The standard InChI is InChI=1S/C15H14BrF2NO/c1-9(19)7-11-13(18)3-2-4-14(11)20-15-6-5-10(17)8-12(15)16/h2-6,8-9H,7,19H2,1H3. The van der Waals surface area contributed by atoms with Crippen LogP contribution >= 0.6 is 15.9 Å². The van der Waals surface area contributed by atoms with Crippen LogP contribution in [0.5, 0.6) is 11.5 Å². The summed E-state index contributed by atoms with van der Waals surface area (Å²) in [7, 11) is 0. The molecule has 0 saturated heterocycles. The van der Waals surface area contributed by atoms with E-state index >= 15 is 0 Å². The molecule has 0 aliphatic carbocycles. The molecule has 0 aliphatic heterocycles. The van der Waals surface area contributed by atoms with E-state index in [1.807, 2.05) is 0 Å². The van der Waals surface area contributed by atoms with E-state index in [1.165, 1.54) is 24.3 Å². The quantitative estimate of drug-likeness (QED) is 0.893. The molecule has 0 aromatic heterocycles. The number of hydrogen-bond donors (Lipinski definition) is 1. The van der Waals surface area contributed by atoms with Gasteiger partial charge in [0.2, 0.25) is 0 Å². The Morgan fingerprint density at radius 2 is 1.95 bits per heavy atom. The van der Waals surface area contributed by atoms with Crippen molar-refractivity contribution < 1.29 is 13.5 Å². The zero-order chi connectivity index (χ0) is 14.7. The fraction of sp³-hybridized carbons (Fsp3) is 0.200. The molecule has 1 unspecified atom stereocenters. The van der Waals surface area contributed by atoms with Crippen molar-refractivity contribution in [1.82, 2.24) is 0 Å². The Balaban J connectivity index is 2.35. The first-order chi connectivity index (χ1) is 9.47. The highest BCUT2D eigenvalue weighted by atomic mass is 79.9. The van der Waals surface area contributed by atoms with Crippen LogP contribution in [0.15, 0.2) is 40.9 Å². The van der Waals surface area contributed by atoms with Crippen LogP contribution < -0.4 is 10.5 Å². The number of rotatable bonds is 4. The monoisotopic (exact) mass is 341 g/mol. The second-order valence-corrected chi connectivity index (χ2v) is 5.43. The van der Waals surface area contributed by atoms with Gasteiger partial charge >= 0.3 is 0 Å². The average Bonchev–Trinajstić information content (AvgIpc) is 2.36. The minimum absolute atomic E-state index is 0.189. The van der Waals surface area contributed by atoms with Crippen LogP contribution in [0.1, 0.15) is 12.5 Å². The third-order valence-electron chi connectivity index (χ3n) is 2.72. The Morgan fingerprint density at radius 1 is 1.20 bits per heavy atom. The number of benzene rings is 2. The van der Waals surface area contributed by atoms with Crippen molar-refractivity contribution in [2.24, 2.45) is 5.73 Å². The van der Waals surface area contributed by atoms with E-state index < -0.39 is 0 Å². The third kappa shape index (κ3) is 3.55. The highest BCUT2D eigenvalue weighted by molar-refractivity contribution is 9.10. The summed E-state index contributed by atoms with van der Waals surface area (Å²) in [5.41, 5.74) is 6.14. The summed E-state index contributed by atoms with van der Waals surface area (Å²) in [6, 6.07) is 8.46. The van der Waals surface area contributed by atoms with Gasteiger partial charge < -0.3 is 10.5 Å². The van der Waals surface area contributed by atoms with Crippen LogP contribution in [0.4, 0.5) is 8.78 Å². The normalized spacial score (nSPS) is 12.2. The van der Waals surface area contributed by atoms with Crippen molar-refractivity contribution >= 4 is 15.9 Å². The summed E-state index contributed by atoms with van der Waals surface area (Å²) >= 11 is 3.22. The van der Waals surface area contributed by atoms with Gasteiger partial charge in [-0.15, -0.1) is 0 Å². The summed E-state index contributed by atoms with van der Waals surface area (Å²) in [5, 5.41) is 0. The highest BCUT2D eigenvalue weighted by Gasteiger charge is 2.13. The number of nitrogens with two attached hydrogens (primary N) is 1.